The molecule has 0 aliphatic rings. The second-order valence-electron chi connectivity index (χ2n) is 3.82. The van der Waals surface area contributed by atoms with Crippen LogP contribution in [0.25, 0.3) is 17.0 Å². The predicted molar refractivity (Wildman–Crippen MR) is 75.5 cm³/mol. The Labute approximate surface area is 117 Å². The zero-order valence-electron chi connectivity index (χ0n) is 9.32. The molecule has 3 heterocycles. The first-order valence-electron chi connectivity index (χ1n) is 5.11. The van der Waals surface area contributed by atoms with Gasteiger partial charge >= 0.3 is 0 Å². The van der Waals surface area contributed by atoms with E-state index in [0.717, 1.165) is 17.1 Å². The predicted octanol–water partition coefficient (Wildman–Crippen LogP) is 3.66. The van der Waals surface area contributed by atoms with Gasteiger partial charge in [0, 0.05) is 11.6 Å². The summed E-state index contributed by atoms with van der Waals surface area (Å²) in [6.45, 7) is 1.90. The lowest BCUT2D eigenvalue weighted by atomic mass is 10.3. The number of hydrogen-bond donors (Lipinski definition) is 1. The lowest BCUT2D eigenvalue weighted by Crippen LogP contribution is -1.91. The third-order valence-electron chi connectivity index (χ3n) is 2.58. The molecule has 4 nitrogen and oxygen atoms in total. The Kier molecular flexibility index (Phi) is 2.69. The van der Waals surface area contributed by atoms with Gasteiger partial charge in [-0.05, 0) is 13.0 Å². The highest BCUT2D eigenvalue weighted by molar-refractivity contribution is 7.13. The average molecular weight is 299 g/mol. The van der Waals surface area contributed by atoms with Gasteiger partial charge in [0.15, 0.2) is 10.8 Å². The summed E-state index contributed by atoms with van der Waals surface area (Å²) in [5.41, 5.74) is 8.81. The molecule has 0 unspecified atom stereocenters. The second-order valence-corrected chi connectivity index (χ2v) is 5.55. The number of hydrogen-bond acceptors (Lipinski definition) is 4. The van der Waals surface area contributed by atoms with E-state index in [1.165, 1.54) is 11.3 Å². The van der Waals surface area contributed by atoms with Gasteiger partial charge in [-0.25, -0.2) is 9.97 Å². The molecule has 3 aromatic heterocycles. The first-order valence-corrected chi connectivity index (χ1v) is 6.75. The number of nitrogen functional groups attached to an aromatic ring is 1. The van der Waals surface area contributed by atoms with Crippen molar-refractivity contribution in [3.05, 3.63) is 33.4 Å². The van der Waals surface area contributed by atoms with Crippen molar-refractivity contribution in [1.29, 1.82) is 0 Å². The van der Waals surface area contributed by atoms with Crippen molar-refractivity contribution >= 4 is 45.3 Å². The van der Waals surface area contributed by atoms with E-state index in [0.29, 0.717) is 20.8 Å². The fraction of sp³-hybridized carbons (Fsp3) is 0.0909. The van der Waals surface area contributed by atoms with Gasteiger partial charge in [-0.3, -0.25) is 4.40 Å². The van der Waals surface area contributed by atoms with E-state index < -0.39 is 0 Å². The third-order valence-corrected chi connectivity index (χ3v) is 3.74. The van der Waals surface area contributed by atoms with Crippen LogP contribution in [0.5, 0.6) is 0 Å². The first-order chi connectivity index (χ1) is 8.56. The maximum absolute atomic E-state index is 6.13. The lowest BCUT2D eigenvalue weighted by molar-refractivity contribution is 1.17. The summed E-state index contributed by atoms with van der Waals surface area (Å²) in [7, 11) is 0. The molecule has 2 N–H and O–H groups in total. The molecule has 0 bridgehead atoms. The molecule has 3 aromatic rings. The van der Waals surface area contributed by atoms with Gasteiger partial charge in [-0.1, -0.05) is 23.2 Å². The Morgan fingerprint density at radius 1 is 1.33 bits per heavy atom. The number of aryl methyl sites for hydroxylation is 1. The van der Waals surface area contributed by atoms with Crippen LogP contribution in [0.4, 0.5) is 5.13 Å². The summed E-state index contributed by atoms with van der Waals surface area (Å²) in [5.74, 6) is 0. The van der Waals surface area contributed by atoms with E-state index in [-0.39, 0.29) is 0 Å². The number of nitrogens with two attached hydrogens (primary N) is 1. The summed E-state index contributed by atoms with van der Waals surface area (Å²) in [6.07, 6.45) is 1.77. The summed E-state index contributed by atoms with van der Waals surface area (Å²) < 4.78 is 1.84. The normalized spacial score (nSPS) is 11.3. The van der Waals surface area contributed by atoms with Crippen molar-refractivity contribution in [1.82, 2.24) is 14.4 Å². The summed E-state index contributed by atoms with van der Waals surface area (Å²) in [5, 5.41) is 3.47. The standard InChI is InChI=1S/C11H8Cl2N4S/c1-5-9(8-4-18-11(14)16-8)17-3-6(12)2-7(13)10(17)15-5/h2-4H,1H3,(H2,14,16). The number of aromatic nitrogens is 3. The number of nitrogens with zero attached hydrogens (tertiary/aromatic N) is 3. The molecule has 7 heteroatoms. The van der Waals surface area contributed by atoms with Gasteiger partial charge in [-0.15, -0.1) is 11.3 Å². The zero-order chi connectivity index (χ0) is 12.9. The van der Waals surface area contributed by atoms with Crippen LogP contribution in [0.2, 0.25) is 10.0 Å². The minimum Gasteiger partial charge on any atom is -0.375 e. The molecule has 0 amide bonds. The monoisotopic (exact) mass is 298 g/mol. The van der Waals surface area contributed by atoms with Crippen molar-refractivity contribution in [3.8, 4) is 11.4 Å². The number of anilines is 1. The highest BCUT2D eigenvalue weighted by Crippen LogP contribution is 2.31. The maximum atomic E-state index is 6.13. The van der Waals surface area contributed by atoms with Crippen LogP contribution in [-0.4, -0.2) is 14.4 Å². The van der Waals surface area contributed by atoms with E-state index in [1.807, 2.05) is 16.7 Å². The Balaban J connectivity index is 2.38. The van der Waals surface area contributed by atoms with Crippen molar-refractivity contribution < 1.29 is 0 Å². The number of imidazole rings is 1. The topological polar surface area (TPSA) is 56.2 Å². The number of fused-ring (bicyclic) bond motifs is 1. The quantitative estimate of drug-likeness (QED) is 0.746. The molecule has 0 radical (unpaired) electrons. The van der Waals surface area contributed by atoms with Gasteiger partial charge in [0.25, 0.3) is 0 Å². The average Bonchev–Trinajstić information content (AvgIpc) is 2.82. The van der Waals surface area contributed by atoms with E-state index in [9.17, 15) is 0 Å². The molecule has 0 spiro atoms. The Morgan fingerprint density at radius 3 is 2.78 bits per heavy atom. The van der Waals surface area contributed by atoms with Crippen molar-refractivity contribution in [2.45, 2.75) is 6.92 Å². The Bertz CT molecular complexity index is 747. The van der Waals surface area contributed by atoms with E-state index >= 15 is 0 Å². The Hall–Kier alpha value is -1.30. The van der Waals surface area contributed by atoms with Crippen molar-refractivity contribution in [2.75, 3.05) is 5.73 Å². The molecule has 92 valence electrons. The number of thiazole rings is 1. The largest absolute Gasteiger partial charge is 0.375 e. The molecule has 0 atom stereocenters. The molecule has 3 rings (SSSR count). The van der Waals surface area contributed by atoms with Crippen LogP contribution in [0.15, 0.2) is 17.6 Å². The highest BCUT2D eigenvalue weighted by atomic mass is 35.5. The van der Waals surface area contributed by atoms with Gasteiger partial charge in [-0.2, -0.15) is 0 Å². The summed E-state index contributed by atoms with van der Waals surface area (Å²) >= 11 is 13.5. The van der Waals surface area contributed by atoms with Crippen LogP contribution in [-0.2, 0) is 0 Å². The van der Waals surface area contributed by atoms with Crippen LogP contribution < -0.4 is 5.73 Å². The van der Waals surface area contributed by atoms with Gasteiger partial charge < -0.3 is 5.73 Å². The van der Waals surface area contributed by atoms with E-state index in [2.05, 4.69) is 9.97 Å². The van der Waals surface area contributed by atoms with Crippen LogP contribution in [0, 0.1) is 6.92 Å². The lowest BCUT2D eigenvalue weighted by Gasteiger charge is -2.01. The van der Waals surface area contributed by atoms with Crippen molar-refractivity contribution in [3.63, 3.8) is 0 Å². The Morgan fingerprint density at radius 2 is 2.11 bits per heavy atom. The SMILES string of the molecule is Cc1nc2c(Cl)cc(Cl)cn2c1-c1csc(N)n1. The molecule has 0 aliphatic heterocycles. The maximum Gasteiger partial charge on any atom is 0.180 e. The smallest absolute Gasteiger partial charge is 0.180 e. The minimum absolute atomic E-state index is 0.514. The van der Waals surface area contributed by atoms with Crippen LogP contribution in [0.1, 0.15) is 5.69 Å². The van der Waals surface area contributed by atoms with Gasteiger partial charge in [0.1, 0.15) is 5.69 Å². The molecule has 0 saturated heterocycles. The second kappa shape index (κ2) is 4.12. The van der Waals surface area contributed by atoms with Gasteiger partial charge in [0.05, 0.1) is 21.4 Å². The van der Waals surface area contributed by atoms with E-state index in [4.69, 9.17) is 28.9 Å². The van der Waals surface area contributed by atoms with E-state index in [1.54, 1.807) is 12.3 Å². The number of rotatable bonds is 1. The molecule has 18 heavy (non-hydrogen) atoms. The fourth-order valence-corrected chi connectivity index (χ4v) is 2.95. The highest BCUT2D eigenvalue weighted by Gasteiger charge is 2.15. The zero-order valence-corrected chi connectivity index (χ0v) is 11.6. The summed E-state index contributed by atoms with van der Waals surface area (Å²) in [6, 6.07) is 1.67. The first kappa shape index (κ1) is 11.8. The third kappa shape index (κ3) is 1.75. The minimum atomic E-state index is 0.514. The fourth-order valence-electron chi connectivity index (χ4n) is 1.89. The van der Waals surface area contributed by atoms with Crippen LogP contribution >= 0.6 is 34.5 Å². The molecule has 0 saturated carbocycles. The van der Waals surface area contributed by atoms with Gasteiger partial charge in [0.2, 0.25) is 0 Å². The summed E-state index contributed by atoms with van der Waals surface area (Å²) in [4.78, 5) is 8.71. The number of pyridine rings is 1. The molecule has 0 aromatic carbocycles. The molecule has 0 fully saturated rings. The van der Waals surface area contributed by atoms with Crippen LogP contribution in [0.3, 0.4) is 0 Å². The molecular weight excluding hydrogens is 291 g/mol. The molecule has 0 aliphatic carbocycles. The molecular formula is C11H8Cl2N4S. The van der Waals surface area contributed by atoms with Crippen molar-refractivity contribution in [2.24, 2.45) is 0 Å². The number of halogens is 2.